The Labute approximate surface area is 126 Å². The SMILES string of the molecule is O=C(Nc1cccc2cnccc12)c1cc(Cl)ccc1O. The van der Waals surface area contributed by atoms with Gasteiger partial charge in [-0.05, 0) is 30.3 Å². The summed E-state index contributed by atoms with van der Waals surface area (Å²) in [6.07, 6.45) is 3.39. The van der Waals surface area contributed by atoms with Crippen LogP contribution in [0.15, 0.2) is 54.9 Å². The summed E-state index contributed by atoms with van der Waals surface area (Å²) in [4.78, 5) is 16.3. The van der Waals surface area contributed by atoms with Crippen LogP contribution in [0.25, 0.3) is 10.8 Å². The molecule has 0 aliphatic rings. The van der Waals surface area contributed by atoms with Crippen molar-refractivity contribution in [3.05, 3.63) is 65.4 Å². The fraction of sp³-hybridized carbons (Fsp3) is 0. The Kier molecular flexibility index (Phi) is 3.46. The van der Waals surface area contributed by atoms with E-state index in [1.54, 1.807) is 18.5 Å². The molecular formula is C16H11ClN2O2. The molecule has 5 heteroatoms. The average Bonchev–Trinajstić information content (AvgIpc) is 2.50. The van der Waals surface area contributed by atoms with E-state index in [1.807, 2.05) is 18.2 Å². The Morgan fingerprint density at radius 3 is 2.90 bits per heavy atom. The number of halogens is 1. The van der Waals surface area contributed by atoms with Crippen LogP contribution in [0, 0.1) is 0 Å². The molecule has 0 atom stereocenters. The highest BCUT2D eigenvalue weighted by atomic mass is 35.5. The number of fused-ring (bicyclic) bond motifs is 1. The highest BCUT2D eigenvalue weighted by Gasteiger charge is 2.13. The van der Waals surface area contributed by atoms with Crippen molar-refractivity contribution in [2.24, 2.45) is 0 Å². The number of benzene rings is 2. The van der Waals surface area contributed by atoms with Crippen LogP contribution >= 0.6 is 11.6 Å². The molecule has 0 spiro atoms. The number of nitrogens with zero attached hydrogens (tertiary/aromatic N) is 1. The van der Waals surface area contributed by atoms with Crippen molar-refractivity contribution < 1.29 is 9.90 Å². The molecule has 1 heterocycles. The zero-order valence-electron chi connectivity index (χ0n) is 10.9. The minimum Gasteiger partial charge on any atom is -0.507 e. The average molecular weight is 299 g/mol. The predicted molar refractivity (Wildman–Crippen MR) is 82.8 cm³/mol. The summed E-state index contributed by atoms with van der Waals surface area (Å²) in [5.74, 6) is -0.530. The second-order valence-electron chi connectivity index (χ2n) is 4.52. The van der Waals surface area contributed by atoms with Gasteiger partial charge in [0.05, 0.1) is 5.56 Å². The maximum Gasteiger partial charge on any atom is 0.259 e. The van der Waals surface area contributed by atoms with Crippen LogP contribution in [-0.2, 0) is 0 Å². The van der Waals surface area contributed by atoms with Gasteiger partial charge in [0, 0.05) is 33.9 Å². The number of anilines is 1. The van der Waals surface area contributed by atoms with E-state index < -0.39 is 5.91 Å². The topological polar surface area (TPSA) is 62.2 Å². The summed E-state index contributed by atoms with van der Waals surface area (Å²) in [5, 5.41) is 14.7. The van der Waals surface area contributed by atoms with E-state index >= 15 is 0 Å². The lowest BCUT2D eigenvalue weighted by atomic mass is 10.1. The van der Waals surface area contributed by atoms with Crippen LogP contribution in [-0.4, -0.2) is 16.0 Å². The number of phenols is 1. The summed E-state index contributed by atoms with van der Waals surface area (Å²) in [7, 11) is 0. The summed E-state index contributed by atoms with van der Waals surface area (Å²) in [6, 6.07) is 11.7. The summed E-state index contributed by atoms with van der Waals surface area (Å²) < 4.78 is 0. The van der Waals surface area contributed by atoms with Crippen LogP contribution in [0.1, 0.15) is 10.4 Å². The highest BCUT2D eigenvalue weighted by Crippen LogP contribution is 2.26. The van der Waals surface area contributed by atoms with Gasteiger partial charge in [0.1, 0.15) is 5.75 Å². The number of amides is 1. The Bertz CT molecular complexity index is 828. The third kappa shape index (κ3) is 2.66. The van der Waals surface area contributed by atoms with E-state index in [0.717, 1.165) is 10.8 Å². The van der Waals surface area contributed by atoms with Gasteiger partial charge >= 0.3 is 0 Å². The van der Waals surface area contributed by atoms with Crippen LogP contribution in [0.5, 0.6) is 5.75 Å². The minimum absolute atomic E-state index is 0.112. The Morgan fingerprint density at radius 2 is 2.05 bits per heavy atom. The van der Waals surface area contributed by atoms with Crippen molar-refractivity contribution in [3.63, 3.8) is 0 Å². The third-order valence-corrected chi connectivity index (χ3v) is 3.37. The number of hydrogen-bond acceptors (Lipinski definition) is 3. The number of pyridine rings is 1. The molecule has 21 heavy (non-hydrogen) atoms. The third-order valence-electron chi connectivity index (χ3n) is 3.13. The van der Waals surface area contributed by atoms with Gasteiger partial charge in [-0.1, -0.05) is 23.7 Å². The molecule has 1 amide bonds. The Morgan fingerprint density at radius 1 is 1.19 bits per heavy atom. The molecule has 0 saturated heterocycles. The second kappa shape index (κ2) is 5.42. The number of nitrogens with one attached hydrogen (secondary N) is 1. The van der Waals surface area contributed by atoms with Gasteiger partial charge in [-0.25, -0.2) is 0 Å². The van der Waals surface area contributed by atoms with Gasteiger partial charge in [0.2, 0.25) is 0 Å². The van der Waals surface area contributed by atoms with Crippen molar-refractivity contribution >= 4 is 34.0 Å². The van der Waals surface area contributed by atoms with Crippen LogP contribution in [0.4, 0.5) is 5.69 Å². The minimum atomic E-state index is -0.417. The molecule has 4 nitrogen and oxygen atoms in total. The summed E-state index contributed by atoms with van der Waals surface area (Å²) >= 11 is 5.86. The Hall–Kier alpha value is -2.59. The second-order valence-corrected chi connectivity index (χ2v) is 4.95. The molecular weight excluding hydrogens is 288 g/mol. The molecule has 0 radical (unpaired) electrons. The van der Waals surface area contributed by atoms with Gasteiger partial charge in [0.25, 0.3) is 5.91 Å². The molecule has 104 valence electrons. The molecule has 0 fully saturated rings. The molecule has 0 unspecified atom stereocenters. The van der Waals surface area contributed by atoms with E-state index in [4.69, 9.17) is 11.6 Å². The van der Waals surface area contributed by atoms with E-state index in [0.29, 0.717) is 10.7 Å². The monoisotopic (exact) mass is 298 g/mol. The number of carbonyl (C=O) groups is 1. The highest BCUT2D eigenvalue weighted by molar-refractivity contribution is 6.31. The molecule has 2 aromatic carbocycles. The Balaban J connectivity index is 1.99. The van der Waals surface area contributed by atoms with Gasteiger partial charge in [0.15, 0.2) is 0 Å². The maximum absolute atomic E-state index is 12.3. The van der Waals surface area contributed by atoms with Gasteiger partial charge in [-0.2, -0.15) is 0 Å². The van der Waals surface area contributed by atoms with Crippen molar-refractivity contribution in [1.82, 2.24) is 4.98 Å². The first-order valence-electron chi connectivity index (χ1n) is 6.28. The van der Waals surface area contributed by atoms with Crippen LogP contribution < -0.4 is 5.32 Å². The zero-order valence-corrected chi connectivity index (χ0v) is 11.6. The van der Waals surface area contributed by atoms with Crippen LogP contribution in [0.2, 0.25) is 5.02 Å². The zero-order chi connectivity index (χ0) is 14.8. The molecule has 1 aromatic heterocycles. The predicted octanol–water partition coefficient (Wildman–Crippen LogP) is 3.85. The molecule has 0 bridgehead atoms. The largest absolute Gasteiger partial charge is 0.507 e. The van der Waals surface area contributed by atoms with Crippen molar-refractivity contribution in [1.29, 1.82) is 0 Å². The van der Waals surface area contributed by atoms with E-state index in [-0.39, 0.29) is 11.3 Å². The normalized spacial score (nSPS) is 10.5. The number of carbonyl (C=O) groups excluding carboxylic acids is 1. The van der Waals surface area contributed by atoms with Crippen molar-refractivity contribution in [2.75, 3.05) is 5.32 Å². The summed E-state index contributed by atoms with van der Waals surface area (Å²) in [6.45, 7) is 0. The number of aromatic hydroxyl groups is 1. The molecule has 3 aromatic rings. The van der Waals surface area contributed by atoms with E-state index in [1.165, 1.54) is 18.2 Å². The first-order chi connectivity index (χ1) is 10.1. The summed E-state index contributed by atoms with van der Waals surface area (Å²) in [5.41, 5.74) is 0.785. The van der Waals surface area contributed by atoms with Gasteiger partial charge < -0.3 is 10.4 Å². The number of rotatable bonds is 2. The first kappa shape index (κ1) is 13.4. The van der Waals surface area contributed by atoms with E-state index in [2.05, 4.69) is 10.3 Å². The van der Waals surface area contributed by atoms with Gasteiger partial charge in [-0.15, -0.1) is 0 Å². The van der Waals surface area contributed by atoms with Crippen LogP contribution in [0.3, 0.4) is 0 Å². The molecule has 2 N–H and O–H groups in total. The maximum atomic E-state index is 12.3. The lowest BCUT2D eigenvalue weighted by molar-refractivity contribution is 0.102. The number of aromatic nitrogens is 1. The van der Waals surface area contributed by atoms with Crippen molar-refractivity contribution in [2.45, 2.75) is 0 Å². The quantitative estimate of drug-likeness (QED) is 0.755. The fourth-order valence-corrected chi connectivity index (χ4v) is 2.28. The number of phenolic OH excluding ortho intramolecular Hbond substituents is 1. The van der Waals surface area contributed by atoms with Crippen molar-refractivity contribution in [3.8, 4) is 5.75 Å². The lowest BCUT2D eigenvalue weighted by Gasteiger charge is -2.09. The van der Waals surface area contributed by atoms with E-state index in [9.17, 15) is 9.90 Å². The molecule has 0 aliphatic heterocycles. The molecule has 0 saturated carbocycles. The molecule has 0 aliphatic carbocycles. The van der Waals surface area contributed by atoms with Gasteiger partial charge in [-0.3, -0.25) is 9.78 Å². The first-order valence-corrected chi connectivity index (χ1v) is 6.65. The lowest BCUT2D eigenvalue weighted by Crippen LogP contribution is -2.12. The standard InChI is InChI=1S/C16H11ClN2O2/c17-11-4-5-15(20)13(8-11)16(21)19-14-3-1-2-10-9-18-7-6-12(10)14/h1-9,20H,(H,19,21). The smallest absolute Gasteiger partial charge is 0.259 e. The molecule has 3 rings (SSSR count). The fourth-order valence-electron chi connectivity index (χ4n) is 2.11. The number of hydrogen-bond donors (Lipinski definition) is 2.